The van der Waals surface area contributed by atoms with E-state index in [0.29, 0.717) is 17.0 Å². The zero-order valence-electron chi connectivity index (χ0n) is 16.5. The fourth-order valence-electron chi connectivity index (χ4n) is 2.99. The smallest absolute Gasteiger partial charge is 0.426 e. The second kappa shape index (κ2) is 11.0. The van der Waals surface area contributed by atoms with Crippen molar-refractivity contribution >= 4 is 30.5 Å². The van der Waals surface area contributed by atoms with Crippen molar-refractivity contribution in [1.82, 2.24) is 10.6 Å². The maximum atomic E-state index is 12.6. The summed E-state index contributed by atoms with van der Waals surface area (Å²) in [4.78, 5) is 25.2. The van der Waals surface area contributed by atoms with E-state index >= 15 is 0 Å². The van der Waals surface area contributed by atoms with Gasteiger partial charge in [0.05, 0.1) is 18.4 Å². The molecule has 0 radical (unpaired) electrons. The Kier molecular flexibility index (Phi) is 8.70. The van der Waals surface area contributed by atoms with Crippen LogP contribution in [-0.2, 0) is 4.79 Å². The maximum Gasteiger partial charge on any atom is 0.475 e. The predicted molar refractivity (Wildman–Crippen MR) is 114 cm³/mol. The topological polar surface area (TPSA) is 98.7 Å². The number of amides is 2. The van der Waals surface area contributed by atoms with Crippen LogP contribution in [0.4, 0.5) is 0 Å². The second-order valence-corrected chi connectivity index (χ2v) is 7.80. The van der Waals surface area contributed by atoms with Crippen molar-refractivity contribution in [2.24, 2.45) is 5.92 Å². The van der Waals surface area contributed by atoms with Gasteiger partial charge in [0.2, 0.25) is 5.91 Å². The van der Waals surface area contributed by atoms with Crippen molar-refractivity contribution in [2.75, 3.05) is 0 Å². The van der Waals surface area contributed by atoms with Gasteiger partial charge >= 0.3 is 7.12 Å². The van der Waals surface area contributed by atoms with E-state index in [1.165, 1.54) is 0 Å². The van der Waals surface area contributed by atoms with E-state index in [4.69, 9.17) is 11.6 Å². The van der Waals surface area contributed by atoms with Crippen LogP contribution in [0.5, 0.6) is 0 Å². The summed E-state index contributed by atoms with van der Waals surface area (Å²) in [6, 6.07) is 15.0. The van der Waals surface area contributed by atoms with Gasteiger partial charge in [-0.1, -0.05) is 55.8 Å². The first-order chi connectivity index (χ1) is 13.8. The van der Waals surface area contributed by atoms with Crippen LogP contribution >= 0.6 is 11.6 Å². The van der Waals surface area contributed by atoms with Crippen molar-refractivity contribution in [3.8, 4) is 0 Å². The van der Waals surface area contributed by atoms with Crippen LogP contribution in [-0.4, -0.2) is 34.9 Å². The van der Waals surface area contributed by atoms with E-state index in [1.54, 1.807) is 48.5 Å². The summed E-state index contributed by atoms with van der Waals surface area (Å²) in [5.41, 5.74) is 1.20. The van der Waals surface area contributed by atoms with Crippen molar-refractivity contribution in [3.63, 3.8) is 0 Å². The number of carbonyl (C=O) groups is 2. The molecular weight excluding hydrogens is 391 g/mol. The Bertz CT molecular complexity index is 800. The normalized spacial score (nSPS) is 12.9. The van der Waals surface area contributed by atoms with E-state index < -0.39 is 25.0 Å². The first-order valence-corrected chi connectivity index (χ1v) is 9.91. The minimum absolute atomic E-state index is 0.0540. The van der Waals surface area contributed by atoms with Gasteiger partial charge in [0.25, 0.3) is 5.91 Å². The third-order valence-corrected chi connectivity index (χ3v) is 4.69. The SMILES string of the molecule is CC(C)CC(NC(=O)CC(NC(=O)c1ccccc1)c1ccc(Cl)cc1)B(O)O. The van der Waals surface area contributed by atoms with Gasteiger partial charge in [-0.15, -0.1) is 0 Å². The highest BCUT2D eigenvalue weighted by Gasteiger charge is 2.27. The molecule has 0 fully saturated rings. The largest absolute Gasteiger partial charge is 0.475 e. The predicted octanol–water partition coefficient (Wildman–Crippen LogP) is 2.74. The first kappa shape index (κ1) is 22.9. The second-order valence-electron chi connectivity index (χ2n) is 7.36. The number of halogens is 1. The zero-order chi connectivity index (χ0) is 21.4. The molecule has 0 heterocycles. The highest BCUT2D eigenvalue weighted by molar-refractivity contribution is 6.43. The Morgan fingerprint density at radius 2 is 1.62 bits per heavy atom. The molecule has 154 valence electrons. The molecule has 4 N–H and O–H groups in total. The minimum Gasteiger partial charge on any atom is -0.426 e. The summed E-state index contributed by atoms with van der Waals surface area (Å²) < 4.78 is 0. The van der Waals surface area contributed by atoms with E-state index in [9.17, 15) is 19.6 Å². The van der Waals surface area contributed by atoms with Gasteiger partial charge in [-0.25, -0.2) is 0 Å². The molecule has 29 heavy (non-hydrogen) atoms. The van der Waals surface area contributed by atoms with E-state index in [-0.39, 0.29) is 18.2 Å². The molecule has 2 atom stereocenters. The molecule has 0 bridgehead atoms. The number of rotatable bonds is 9. The van der Waals surface area contributed by atoms with Crippen LogP contribution in [0, 0.1) is 5.92 Å². The van der Waals surface area contributed by atoms with Crippen LogP contribution in [0.15, 0.2) is 54.6 Å². The van der Waals surface area contributed by atoms with Gasteiger partial charge in [-0.05, 0) is 42.2 Å². The summed E-state index contributed by atoms with van der Waals surface area (Å²) in [5.74, 6) is -1.30. The van der Waals surface area contributed by atoms with Crippen LogP contribution in [0.3, 0.4) is 0 Å². The van der Waals surface area contributed by atoms with Crippen LogP contribution in [0.1, 0.15) is 48.7 Å². The van der Waals surface area contributed by atoms with Gasteiger partial charge in [-0.2, -0.15) is 0 Å². The molecule has 0 saturated carbocycles. The van der Waals surface area contributed by atoms with Crippen LogP contribution in [0.25, 0.3) is 0 Å². The average molecular weight is 417 g/mol. The number of benzene rings is 2. The number of hydrogen-bond donors (Lipinski definition) is 4. The van der Waals surface area contributed by atoms with Gasteiger partial charge in [0, 0.05) is 10.6 Å². The molecule has 8 heteroatoms. The lowest BCUT2D eigenvalue weighted by atomic mass is 9.75. The number of hydrogen-bond acceptors (Lipinski definition) is 4. The summed E-state index contributed by atoms with van der Waals surface area (Å²) >= 11 is 5.95. The fourth-order valence-corrected chi connectivity index (χ4v) is 3.12. The van der Waals surface area contributed by atoms with Gasteiger partial charge in [0.1, 0.15) is 0 Å². The Labute approximate surface area is 176 Å². The van der Waals surface area contributed by atoms with Crippen molar-refractivity contribution in [2.45, 2.75) is 38.7 Å². The lowest BCUT2D eigenvalue weighted by molar-refractivity contribution is -0.122. The zero-order valence-corrected chi connectivity index (χ0v) is 17.3. The molecule has 0 aliphatic heterocycles. The van der Waals surface area contributed by atoms with Gasteiger partial charge in [-0.3, -0.25) is 9.59 Å². The Balaban J connectivity index is 2.15. The van der Waals surface area contributed by atoms with Gasteiger partial charge < -0.3 is 20.7 Å². The molecule has 0 aliphatic rings. The molecule has 0 aliphatic carbocycles. The summed E-state index contributed by atoms with van der Waals surface area (Å²) in [6.07, 6.45) is 0.368. The Morgan fingerprint density at radius 1 is 1.00 bits per heavy atom. The molecule has 2 amide bonds. The molecule has 0 spiro atoms. The van der Waals surface area contributed by atoms with Crippen molar-refractivity contribution < 1.29 is 19.6 Å². The highest BCUT2D eigenvalue weighted by Crippen LogP contribution is 2.20. The summed E-state index contributed by atoms with van der Waals surface area (Å²) in [5, 5.41) is 25.2. The van der Waals surface area contributed by atoms with E-state index in [2.05, 4.69) is 10.6 Å². The minimum atomic E-state index is -1.66. The fraction of sp³-hybridized carbons (Fsp3) is 0.333. The van der Waals surface area contributed by atoms with Gasteiger partial charge in [0.15, 0.2) is 0 Å². The lowest BCUT2D eigenvalue weighted by Gasteiger charge is -2.23. The first-order valence-electron chi connectivity index (χ1n) is 9.53. The monoisotopic (exact) mass is 416 g/mol. The molecular formula is C21H26BClN2O4. The summed E-state index contributed by atoms with van der Waals surface area (Å²) in [7, 11) is -1.66. The lowest BCUT2D eigenvalue weighted by Crippen LogP contribution is -2.48. The summed E-state index contributed by atoms with van der Waals surface area (Å²) in [6.45, 7) is 3.86. The molecule has 6 nitrogen and oxygen atoms in total. The number of nitrogens with one attached hydrogen (secondary N) is 2. The molecule has 2 unspecified atom stereocenters. The highest BCUT2D eigenvalue weighted by atomic mass is 35.5. The molecule has 2 aromatic carbocycles. The molecule has 0 saturated heterocycles. The Hall–Kier alpha value is -2.35. The third kappa shape index (κ3) is 7.53. The molecule has 0 aromatic heterocycles. The third-order valence-electron chi connectivity index (χ3n) is 4.43. The maximum absolute atomic E-state index is 12.6. The Morgan fingerprint density at radius 3 is 2.17 bits per heavy atom. The number of carbonyl (C=O) groups excluding carboxylic acids is 2. The van der Waals surface area contributed by atoms with Crippen LogP contribution in [0.2, 0.25) is 5.02 Å². The molecule has 2 aromatic rings. The quantitative estimate of drug-likeness (QED) is 0.472. The van der Waals surface area contributed by atoms with E-state index in [1.807, 2.05) is 19.9 Å². The van der Waals surface area contributed by atoms with Crippen molar-refractivity contribution in [1.29, 1.82) is 0 Å². The average Bonchev–Trinajstić information content (AvgIpc) is 2.67. The van der Waals surface area contributed by atoms with E-state index in [0.717, 1.165) is 5.56 Å². The standard InChI is InChI=1S/C21H26BClN2O4/c1-14(2)12-19(22(28)29)25-20(26)13-18(15-8-10-17(23)11-9-15)24-21(27)16-6-4-3-5-7-16/h3-11,14,18-19,28-29H,12-13H2,1-2H3,(H,24,27)(H,25,26). The van der Waals surface area contributed by atoms with Crippen molar-refractivity contribution in [3.05, 3.63) is 70.7 Å². The van der Waals surface area contributed by atoms with Crippen LogP contribution < -0.4 is 10.6 Å². The molecule has 2 rings (SSSR count).